The summed E-state index contributed by atoms with van der Waals surface area (Å²) in [7, 11) is 0. The number of nitrogens with zero attached hydrogens (tertiary/aromatic N) is 9. The number of aromatic nitrogens is 6. The van der Waals surface area contributed by atoms with Gasteiger partial charge in [-0.3, -0.25) is 9.69 Å². The van der Waals surface area contributed by atoms with Gasteiger partial charge in [-0.05, 0) is 30.3 Å². The number of hydrogen-bond acceptors (Lipinski definition) is 10. The second-order valence-corrected chi connectivity index (χ2v) is 8.63. The van der Waals surface area contributed by atoms with Crippen molar-refractivity contribution < 1.29 is 9.90 Å². The molecule has 0 saturated carbocycles. The van der Waals surface area contributed by atoms with Crippen molar-refractivity contribution in [3.8, 4) is 28.7 Å². The van der Waals surface area contributed by atoms with Crippen molar-refractivity contribution in [3.63, 3.8) is 0 Å². The van der Waals surface area contributed by atoms with Crippen molar-refractivity contribution in [2.24, 2.45) is 0 Å². The second-order valence-electron chi connectivity index (χ2n) is 8.63. The molecule has 0 amide bonds. The van der Waals surface area contributed by atoms with Crippen LogP contribution in [0.5, 0.6) is 0 Å². The lowest BCUT2D eigenvalue weighted by atomic mass is 10.1. The lowest BCUT2D eigenvalue weighted by Crippen LogP contribution is -2.48. The lowest BCUT2D eigenvalue weighted by molar-refractivity contribution is -0.138. The molecule has 0 spiro atoms. The summed E-state index contributed by atoms with van der Waals surface area (Å²) in [4.78, 5) is 28.4. The number of nitrogens with two attached hydrogens (primary N) is 1. The van der Waals surface area contributed by atoms with E-state index in [1.54, 1.807) is 35.1 Å². The fourth-order valence-corrected chi connectivity index (χ4v) is 4.21. The fraction of sp³-hybridized carbons (Fsp3) is 0.240. The van der Waals surface area contributed by atoms with E-state index < -0.39 is 5.97 Å². The topological polar surface area (TPSA) is 163 Å². The Hall–Kier alpha value is -4.89. The predicted octanol–water partition coefficient (Wildman–Crippen LogP) is 1.51. The Morgan fingerprint density at radius 3 is 2.57 bits per heavy atom. The zero-order valence-corrected chi connectivity index (χ0v) is 19.9. The van der Waals surface area contributed by atoms with Crippen LogP contribution in [-0.4, -0.2) is 78.6 Å². The van der Waals surface area contributed by atoms with Gasteiger partial charge in [-0.15, -0.1) is 5.10 Å². The first-order chi connectivity index (χ1) is 18.0. The van der Waals surface area contributed by atoms with Gasteiger partial charge in [0.2, 0.25) is 5.95 Å². The Labute approximate surface area is 212 Å². The summed E-state index contributed by atoms with van der Waals surface area (Å²) in [5.74, 6) is 0.137. The maximum atomic E-state index is 10.9. The molecule has 1 aliphatic heterocycles. The van der Waals surface area contributed by atoms with Crippen LogP contribution in [0.2, 0.25) is 0 Å². The number of nitrogen functional groups attached to an aromatic ring is 1. The molecule has 3 N–H and O–H groups in total. The van der Waals surface area contributed by atoms with Crippen LogP contribution in [0.25, 0.3) is 22.6 Å². The molecule has 0 atom stereocenters. The molecular formula is C25H24N10O2. The van der Waals surface area contributed by atoms with Gasteiger partial charge in [-0.1, -0.05) is 23.4 Å². The molecular weight excluding hydrogens is 472 g/mol. The van der Waals surface area contributed by atoms with Crippen LogP contribution in [-0.2, 0) is 11.3 Å². The van der Waals surface area contributed by atoms with Gasteiger partial charge in [0.05, 0.1) is 48.0 Å². The van der Waals surface area contributed by atoms with E-state index in [2.05, 4.69) is 31.2 Å². The number of carboxylic acids is 1. The highest BCUT2D eigenvalue weighted by Crippen LogP contribution is 2.24. The number of rotatable bonds is 7. The first-order valence-corrected chi connectivity index (χ1v) is 11.7. The molecule has 4 aromatic rings. The number of anilines is 2. The minimum atomic E-state index is -0.810. The van der Waals surface area contributed by atoms with Crippen LogP contribution in [0.4, 0.5) is 11.8 Å². The van der Waals surface area contributed by atoms with Gasteiger partial charge in [-0.2, -0.15) is 5.26 Å². The number of carboxylic acid groups (broad SMARTS) is 1. The molecule has 1 saturated heterocycles. The largest absolute Gasteiger partial charge is 0.480 e. The standard InChI is InChI=1S/C25H24N10O2/c26-13-17-3-1-4-18(11-17)20-12-21(30-25(27)29-20)22-15-35(32-31-22)14-19-5-2-6-23(28-19)34-9-7-33(8-10-34)16-24(36)37/h1-6,11-12,15H,7-10,14,16H2,(H,36,37)(H2,27,29,30). The van der Waals surface area contributed by atoms with Crippen LogP contribution in [0, 0.1) is 11.3 Å². The van der Waals surface area contributed by atoms with Crippen molar-refractivity contribution in [2.75, 3.05) is 43.4 Å². The van der Waals surface area contributed by atoms with Gasteiger partial charge in [0, 0.05) is 31.7 Å². The van der Waals surface area contributed by atoms with Crippen LogP contribution in [0.15, 0.2) is 54.7 Å². The van der Waals surface area contributed by atoms with Gasteiger partial charge in [0.25, 0.3) is 0 Å². The molecule has 1 aliphatic rings. The molecule has 186 valence electrons. The zero-order chi connectivity index (χ0) is 25.8. The number of carbonyl (C=O) groups is 1. The summed E-state index contributed by atoms with van der Waals surface area (Å²) in [5, 5.41) is 26.7. The Balaban J connectivity index is 1.30. The van der Waals surface area contributed by atoms with E-state index in [1.165, 1.54) is 0 Å². The smallest absolute Gasteiger partial charge is 0.317 e. The van der Waals surface area contributed by atoms with Gasteiger partial charge < -0.3 is 15.7 Å². The van der Waals surface area contributed by atoms with E-state index in [9.17, 15) is 10.1 Å². The molecule has 1 fully saturated rings. The fourth-order valence-electron chi connectivity index (χ4n) is 4.21. The molecule has 0 radical (unpaired) electrons. The van der Waals surface area contributed by atoms with Crippen LogP contribution < -0.4 is 10.6 Å². The number of aliphatic carboxylic acids is 1. The number of pyridine rings is 1. The summed E-state index contributed by atoms with van der Waals surface area (Å²) in [5.41, 5.74) is 9.72. The highest BCUT2D eigenvalue weighted by Gasteiger charge is 2.20. The molecule has 1 aromatic carbocycles. The van der Waals surface area contributed by atoms with Crippen LogP contribution in [0.1, 0.15) is 11.3 Å². The quantitative estimate of drug-likeness (QED) is 0.381. The summed E-state index contributed by atoms with van der Waals surface area (Å²) in [6.07, 6.45) is 1.77. The average molecular weight is 497 g/mol. The van der Waals surface area contributed by atoms with E-state index >= 15 is 0 Å². The Kier molecular flexibility index (Phi) is 6.69. The van der Waals surface area contributed by atoms with Crippen LogP contribution >= 0.6 is 0 Å². The lowest BCUT2D eigenvalue weighted by Gasteiger charge is -2.34. The van der Waals surface area contributed by atoms with Gasteiger partial charge in [0.15, 0.2) is 0 Å². The molecule has 37 heavy (non-hydrogen) atoms. The van der Waals surface area contributed by atoms with Crippen molar-refractivity contribution >= 4 is 17.7 Å². The average Bonchev–Trinajstić information content (AvgIpc) is 3.37. The van der Waals surface area contributed by atoms with E-state index in [0.29, 0.717) is 55.4 Å². The third-order valence-electron chi connectivity index (χ3n) is 6.00. The number of hydrogen-bond donors (Lipinski definition) is 2. The predicted molar refractivity (Wildman–Crippen MR) is 135 cm³/mol. The molecule has 5 rings (SSSR count). The Morgan fingerprint density at radius 1 is 1.00 bits per heavy atom. The van der Waals surface area contributed by atoms with E-state index in [1.807, 2.05) is 29.2 Å². The van der Waals surface area contributed by atoms with E-state index in [4.69, 9.17) is 15.8 Å². The molecule has 0 aliphatic carbocycles. The third kappa shape index (κ3) is 5.68. The maximum Gasteiger partial charge on any atom is 0.317 e. The van der Waals surface area contributed by atoms with Crippen molar-refractivity contribution in [3.05, 3.63) is 66.0 Å². The Bertz CT molecular complexity index is 1470. The van der Waals surface area contributed by atoms with Gasteiger partial charge in [0.1, 0.15) is 11.5 Å². The summed E-state index contributed by atoms with van der Waals surface area (Å²) in [6.45, 7) is 3.25. The van der Waals surface area contributed by atoms with Crippen LogP contribution in [0.3, 0.4) is 0 Å². The normalized spacial score (nSPS) is 13.9. The van der Waals surface area contributed by atoms with Crippen molar-refractivity contribution in [1.82, 2.24) is 34.8 Å². The SMILES string of the molecule is N#Cc1cccc(-c2cc(-c3cn(Cc4cccc(N5CCN(CC(=O)O)CC5)n4)nn3)nc(N)n2)c1. The first kappa shape index (κ1) is 23.8. The van der Waals surface area contributed by atoms with Crippen molar-refractivity contribution in [1.29, 1.82) is 5.26 Å². The highest BCUT2D eigenvalue weighted by atomic mass is 16.4. The van der Waals surface area contributed by atoms with E-state index in [0.717, 1.165) is 17.1 Å². The highest BCUT2D eigenvalue weighted by molar-refractivity contribution is 5.69. The maximum absolute atomic E-state index is 10.9. The number of benzene rings is 1. The minimum absolute atomic E-state index is 0.0572. The summed E-state index contributed by atoms with van der Waals surface area (Å²) in [6, 6.07) is 16.8. The minimum Gasteiger partial charge on any atom is -0.480 e. The van der Waals surface area contributed by atoms with Gasteiger partial charge in [-0.25, -0.2) is 19.6 Å². The number of nitriles is 1. The monoisotopic (exact) mass is 496 g/mol. The molecule has 0 bridgehead atoms. The summed E-state index contributed by atoms with van der Waals surface area (Å²) < 4.78 is 1.68. The molecule has 12 heteroatoms. The Morgan fingerprint density at radius 2 is 1.78 bits per heavy atom. The van der Waals surface area contributed by atoms with Gasteiger partial charge >= 0.3 is 5.97 Å². The molecule has 4 heterocycles. The number of piperazine rings is 1. The summed E-state index contributed by atoms with van der Waals surface area (Å²) >= 11 is 0. The molecule has 0 unspecified atom stereocenters. The third-order valence-corrected chi connectivity index (χ3v) is 6.00. The molecule has 3 aromatic heterocycles. The van der Waals surface area contributed by atoms with E-state index in [-0.39, 0.29) is 12.5 Å². The first-order valence-electron chi connectivity index (χ1n) is 11.7. The zero-order valence-electron chi connectivity index (χ0n) is 19.9. The second kappa shape index (κ2) is 10.4. The van der Waals surface area contributed by atoms with Crippen molar-refractivity contribution in [2.45, 2.75) is 6.54 Å². The molecule has 12 nitrogen and oxygen atoms in total.